The van der Waals surface area contributed by atoms with E-state index in [4.69, 9.17) is 4.74 Å². The molecule has 25 heavy (non-hydrogen) atoms. The molecule has 10 nitrogen and oxygen atoms in total. The van der Waals surface area contributed by atoms with Crippen LogP contribution in [0.5, 0.6) is 5.75 Å². The number of tetrazole rings is 1. The molecule has 3 rings (SSSR count). The number of aromatic nitrogens is 5. The van der Waals surface area contributed by atoms with E-state index in [1.165, 1.54) is 22.9 Å². The maximum atomic E-state index is 10.7. The number of aliphatic hydroxyl groups is 1. The molecule has 0 bridgehead atoms. The molecule has 1 atom stereocenters. The van der Waals surface area contributed by atoms with Crippen molar-refractivity contribution in [3.8, 4) is 17.3 Å². The minimum Gasteiger partial charge on any atom is -0.491 e. The summed E-state index contributed by atoms with van der Waals surface area (Å²) in [5.74, 6) is 0.727. The number of non-ortho nitro benzene ring substituents is 1. The van der Waals surface area contributed by atoms with Crippen LogP contribution in [0.4, 0.5) is 5.69 Å². The van der Waals surface area contributed by atoms with Crippen LogP contribution in [0.1, 0.15) is 0 Å². The highest BCUT2D eigenvalue weighted by molar-refractivity contribution is 5.47. The van der Waals surface area contributed by atoms with Gasteiger partial charge in [0.05, 0.1) is 17.5 Å². The van der Waals surface area contributed by atoms with Gasteiger partial charge < -0.3 is 9.84 Å². The van der Waals surface area contributed by atoms with Crippen LogP contribution in [0.15, 0.2) is 48.7 Å². The molecule has 0 amide bonds. The van der Waals surface area contributed by atoms with Crippen molar-refractivity contribution in [1.82, 2.24) is 25.2 Å². The Morgan fingerprint density at radius 2 is 2.16 bits per heavy atom. The van der Waals surface area contributed by atoms with E-state index in [9.17, 15) is 15.2 Å². The molecule has 0 saturated heterocycles. The first kappa shape index (κ1) is 16.5. The molecule has 0 aliphatic heterocycles. The second-order valence-electron chi connectivity index (χ2n) is 5.12. The van der Waals surface area contributed by atoms with Gasteiger partial charge in [0, 0.05) is 12.3 Å². The Hall–Kier alpha value is -3.40. The summed E-state index contributed by atoms with van der Waals surface area (Å²) in [7, 11) is 0. The second kappa shape index (κ2) is 7.45. The summed E-state index contributed by atoms with van der Waals surface area (Å²) in [6.45, 7) is 0.0243. The second-order valence-corrected chi connectivity index (χ2v) is 5.12. The third-order valence-electron chi connectivity index (χ3n) is 3.28. The lowest BCUT2D eigenvalue weighted by molar-refractivity contribution is -0.384. The smallest absolute Gasteiger partial charge is 0.273 e. The van der Waals surface area contributed by atoms with Crippen molar-refractivity contribution in [2.24, 2.45) is 0 Å². The number of pyridine rings is 1. The number of nitro groups is 1. The van der Waals surface area contributed by atoms with E-state index in [1.807, 2.05) is 6.07 Å². The van der Waals surface area contributed by atoms with E-state index in [1.54, 1.807) is 24.4 Å². The van der Waals surface area contributed by atoms with Gasteiger partial charge >= 0.3 is 0 Å². The maximum absolute atomic E-state index is 10.7. The summed E-state index contributed by atoms with van der Waals surface area (Å²) in [4.78, 5) is 14.4. The third kappa shape index (κ3) is 4.12. The van der Waals surface area contributed by atoms with Crippen LogP contribution >= 0.6 is 0 Å². The van der Waals surface area contributed by atoms with Gasteiger partial charge in [-0.1, -0.05) is 12.1 Å². The van der Waals surface area contributed by atoms with E-state index in [2.05, 4.69) is 20.5 Å². The average Bonchev–Trinajstić information content (AvgIpc) is 3.09. The van der Waals surface area contributed by atoms with E-state index in [0.717, 1.165) is 0 Å². The van der Waals surface area contributed by atoms with Crippen molar-refractivity contribution < 1.29 is 14.8 Å². The molecule has 2 heterocycles. The lowest BCUT2D eigenvalue weighted by Crippen LogP contribution is -2.24. The quantitative estimate of drug-likeness (QED) is 0.499. The van der Waals surface area contributed by atoms with Crippen LogP contribution in [0.25, 0.3) is 11.5 Å². The fourth-order valence-electron chi connectivity index (χ4n) is 2.14. The number of rotatable bonds is 7. The highest BCUT2D eigenvalue weighted by Crippen LogP contribution is 2.19. The minimum absolute atomic E-state index is 0.0668. The average molecular weight is 342 g/mol. The predicted octanol–water partition coefficient (Wildman–Crippen LogP) is 1.08. The van der Waals surface area contributed by atoms with Gasteiger partial charge in [-0.25, -0.2) is 4.68 Å². The van der Waals surface area contributed by atoms with Gasteiger partial charge in [-0.3, -0.25) is 15.1 Å². The summed E-state index contributed by atoms with van der Waals surface area (Å²) in [6, 6.07) is 11.1. The number of benzene rings is 1. The SMILES string of the molecule is O=[N+]([O-])c1cccc(OCC(O)Cn2nnnc2-c2ccccn2)c1. The highest BCUT2D eigenvalue weighted by Gasteiger charge is 2.15. The molecule has 3 aromatic rings. The molecule has 0 spiro atoms. The molecular weight excluding hydrogens is 328 g/mol. The topological polar surface area (TPSA) is 129 Å². The van der Waals surface area contributed by atoms with Gasteiger partial charge in [-0.05, 0) is 28.6 Å². The van der Waals surface area contributed by atoms with E-state index >= 15 is 0 Å². The zero-order valence-electron chi connectivity index (χ0n) is 13.0. The van der Waals surface area contributed by atoms with Crippen LogP contribution in [0.3, 0.4) is 0 Å². The Balaban J connectivity index is 1.62. The van der Waals surface area contributed by atoms with Crippen molar-refractivity contribution in [2.45, 2.75) is 12.6 Å². The number of ether oxygens (including phenoxy) is 1. The molecule has 128 valence electrons. The third-order valence-corrected chi connectivity index (χ3v) is 3.28. The van der Waals surface area contributed by atoms with Crippen LogP contribution in [-0.2, 0) is 6.54 Å². The number of hydrogen-bond acceptors (Lipinski definition) is 8. The predicted molar refractivity (Wildman–Crippen MR) is 85.6 cm³/mol. The first-order valence-electron chi connectivity index (χ1n) is 7.36. The summed E-state index contributed by atoms with van der Waals surface area (Å²) in [5, 5.41) is 32.2. The molecule has 1 unspecified atom stereocenters. The van der Waals surface area contributed by atoms with Crippen LogP contribution in [0, 0.1) is 10.1 Å². The van der Waals surface area contributed by atoms with E-state index in [0.29, 0.717) is 17.3 Å². The molecular formula is C15H14N6O4. The summed E-state index contributed by atoms with van der Waals surface area (Å²) in [6.07, 6.45) is 0.709. The van der Waals surface area contributed by atoms with Crippen molar-refractivity contribution in [3.05, 3.63) is 58.8 Å². The van der Waals surface area contributed by atoms with Crippen LogP contribution in [0.2, 0.25) is 0 Å². The van der Waals surface area contributed by atoms with Crippen molar-refractivity contribution in [2.75, 3.05) is 6.61 Å². The van der Waals surface area contributed by atoms with E-state index in [-0.39, 0.29) is 18.8 Å². The lowest BCUT2D eigenvalue weighted by atomic mass is 10.3. The first-order chi connectivity index (χ1) is 12.1. The molecule has 0 aliphatic carbocycles. The van der Waals surface area contributed by atoms with Gasteiger partial charge in [0.2, 0.25) is 5.82 Å². The standard InChI is InChI=1S/C15H14N6O4/c22-12(10-25-13-5-3-4-11(8-13)21(23)24)9-20-15(17-18-19-20)14-6-1-2-7-16-14/h1-8,12,22H,9-10H2. The van der Waals surface area contributed by atoms with Crippen molar-refractivity contribution in [1.29, 1.82) is 0 Å². The lowest BCUT2D eigenvalue weighted by Gasteiger charge is -2.12. The van der Waals surface area contributed by atoms with Gasteiger partial charge in [0.1, 0.15) is 24.2 Å². The maximum Gasteiger partial charge on any atom is 0.273 e. The summed E-state index contributed by atoms with van der Waals surface area (Å²) in [5.41, 5.74) is 0.504. The summed E-state index contributed by atoms with van der Waals surface area (Å²) >= 11 is 0. The zero-order chi connectivity index (χ0) is 17.6. The number of aliphatic hydroxyl groups excluding tert-OH is 1. The number of hydrogen-bond donors (Lipinski definition) is 1. The largest absolute Gasteiger partial charge is 0.491 e. The van der Waals surface area contributed by atoms with E-state index < -0.39 is 11.0 Å². The number of nitrogens with zero attached hydrogens (tertiary/aromatic N) is 6. The monoisotopic (exact) mass is 342 g/mol. The molecule has 0 fully saturated rings. The molecule has 2 aromatic heterocycles. The van der Waals surface area contributed by atoms with Crippen molar-refractivity contribution in [3.63, 3.8) is 0 Å². The van der Waals surface area contributed by atoms with Gasteiger partial charge in [0.25, 0.3) is 5.69 Å². The molecule has 0 radical (unpaired) electrons. The normalized spacial score (nSPS) is 11.9. The Labute approximate surface area is 141 Å². The summed E-state index contributed by atoms with van der Waals surface area (Å²) < 4.78 is 6.82. The van der Waals surface area contributed by atoms with Crippen LogP contribution < -0.4 is 4.74 Å². The molecule has 1 aromatic carbocycles. The molecule has 10 heteroatoms. The Bertz CT molecular complexity index is 854. The Kier molecular flexibility index (Phi) is 4.90. The van der Waals surface area contributed by atoms with Gasteiger partial charge in [-0.2, -0.15) is 0 Å². The molecule has 0 saturated carbocycles. The molecule has 0 aliphatic rings. The Morgan fingerprint density at radius 3 is 2.92 bits per heavy atom. The fourth-order valence-corrected chi connectivity index (χ4v) is 2.14. The van der Waals surface area contributed by atoms with Crippen molar-refractivity contribution >= 4 is 5.69 Å². The molecule has 1 N–H and O–H groups in total. The Morgan fingerprint density at radius 1 is 1.28 bits per heavy atom. The fraction of sp³-hybridized carbons (Fsp3) is 0.200. The van der Waals surface area contributed by atoms with Gasteiger partial charge in [-0.15, -0.1) is 5.10 Å². The highest BCUT2D eigenvalue weighted by atomic mass is 16.6. The number of nitro benzene ring substituents is 1. The zero-order valence-corrected chi connectivity index (χ0v) is 13.0. The van der Waals surface area contributed by atoms with Gasteiger partial charge in [0.15, 0.2) is 0 Å². The van der Waals surface area contributed by atoms with Crippen LogP contribution in [-0.4, -0.2) is 47.9 Å². The first-order valence-corrected chi connectivity index (χ1v) is 7.36. The minimum atomic E-state index is -0.912.